The van der Waals surface area contributed by atoms with Gasteiger partial charge in [0, 0.05) is 11.4 Å². The van der Waals surface area contributed by atoms with Crippen LogP contribution in [0.15, 0.2) is 84.0 Å². The van der Waals surface area contributed by atoms with Crippen molar-refractivity contribution in [2.45, 2.75) is 24.9 Å². The van der Waals surface area contributed by atoms with Crippen molar-refractivity contribution in [3.63, 3.8) is 0 Å². The first-order valence-corrected chi connectivity index (χ1v) is 12.2. The summed E-state index contributed by atoms with van der Waals surface area (Å²) in [5.41, 5.74) is 1.79. The van der Waals surface area contributed by atoms with Crippen LogP contribution in [0.25, 0.3) is 0 Å². The third kappa shape index (κ3) is 4.56. The van der Waals surface area contributed by atoms with Gasteiger partial charge in [-0.25, -0.2) is 9.80 Å². The Bertz CT molecular complexity index is 1380. The van der Waals surface area contributed by atoms with E-state index < -0.39 is 36.0 Å². The summed E-state index contributed by atoms with van der Waals surface area (Å²) in [5, 5.41) is 9.26. The highest BCUT2D eigenvalue weighted by Crippen LogP contribution is 2.35. The van der Waals surface area contributed by atoms with E-state index >= 15 is 0 Å². The summed E-state index contributed by atoms with van der Waals surface area (Å²) in [5.74, 6) is -0.277. The van der Waals surface area contributed by atoms with E-state index in [1.807, 2.05) is 54.6 Å². The standard InChI is InChI=1S/C28H25ClN4O4/c1-28(20-10-12-21(29)13-11-20)26(35)32(27(36)30-28)17-25(34)33-24(19-8-14-22(37-2)15-9-19)16-23(31-33)18-6-4-3-5-7-18/h3-15,24H,16-17H2,1-2H3,(H,30,36)/t24-,28+/m0/s1. The van der Waals surface area contributed by atoms with Gasteiger partial charge in [-0.3, -0.25) is 14.5 Å². The van der Waals surface area contributed by atoms with Crippen LogP contribution in [0.2, 0.25) is 5.02 Å². The van der Waals surface area contributed by atoms with Gasteiger partial charge < -0.3 is 10.1 Å². The first-order chi connectivity index (χ1) is 17.8. The number of carbonyl (C=O) groups excluding carboxylic acids is 3. The van der Waals surface area contributed by atoms with E-state index in [1.165, 1.54) is 5.01 Å². The Balaban J connectivity index is 1.42. The Kier molecular flexibility index (Phi) is 6.43. The number of nitrogens with zero attached hydrogens (tertiary/aromatic N) is 3. The molecule has 1 saturated heterocycles. The Morgan fingerprint density at radius 2 is 1.73 bits per heavy atom. The Morgan fingerprint density at radius 3 is 2.38 bits per heavy atom. The Morgan fingerprint density at radius 1 is 1.05 bits per heavy atom. The number of urea groups is 1. The largest absolute Gasteiger partial charge is 0.497 e. The number of ether oxygens (including phenoxy) is 1. The second kappa shape index (κ2) is 9.71. The molecule has 2 aliphatic rings. The topological polar surface area (TPSA) is 91.3 Å². The second-order valence-corrected chi connectivity index (χ2v) is 9.53. The molecule has 0 bridgehead atoms. The Hall–Kier alpha value is -4.17. The van der Waals surface area contributed by atoms with Crippen LogP contribution in [0.4, 0.5) is 4.79 Å². The fraction of sp³-hybridized carbons (Fsp3) is 0.214. The first kappa shape index (κ1) is 24.5. The molecule has 0 saturated carbocycles. The van der Waals surface area contributed by atoms with Crippen LogP contribution in [0.3, 0.4) is 0 Å². The molecule has 9 heteroatoms. The van der Waals surface area contributed by atoms with E-state index in [0.29, 0.717) is 22.8 Å². The summed E-state index contributed by atoms with van der Waals surface area (Å²) in [7, 11) is 1.59. The minimum absolute atomic E-state index is 0.392. The molecule has 0 spiro atoms. The predicted molar refractivity (Wildman–Crippen MR) is 139 cm³/mol. The molecule has 0 unspecified atom stereocenters. The molecule has 188 valence electrons. The zero-order valence-corrected chi connectivity index (χ0v) is 21.1. The number of hydrogen-bond donors (Lipinski definition) is 1. The molecule has 5 rings (SSSR count). The van der Waals surface area contributed by atoms with Crippen molar-refractivity contribution >= 4 is 35.2 Å². The summed E-state index contributed by atoms with van der Waals surface area (Å²) in [6, 6.07) is 22.7. The van der Waals surface area contributed by atoms with E-state index in [9.17, 15) is 14.4 Å². The molecule has 0 aromatic heterocycles. The van der Waals surface area contributed by atoms with E-state index in [4.69, 9.17) is 16.3 Å². The van der Waals surface area contributed by atoms with E-state index in [1.54, 1.807) is 38.3 Å². The third-order valence-corrected chi connectivity index (χ3v) is 7.02. The Labute approximate surface area is 219 Å². The quantitative estimate of drug-likeness (QED) is 0.488. The number of imide groups is 1. The molecular formula is C28H25ClN4O4. The minimum Gasteiger partial charge on any atom is -0.497 e. The van der Waals surface area contributed by atoms with Crippen LogP contribution in [-0.4, -0.2) is 47.1 Å². The van der Waals surface area contributed by atoms with Gasteiger partial charge in [0.1, 0.15) is 17.8 Å². The number of nitrogens with one attached hydrogen (secondary N) is 1. The molecule has 1 N–H and O–H groups in total. The van der Waals surface area contributed by atoms with Gasteiger partial charge in [0.25, 0.3) is 11.8 Å². The summed E-state index contributed by atoms with van der Waals surface area (Å²) in [6.45, 7) is 1.18. The molecule has 37 heavy (non-hydrogen) atoms. The molecule has 0 radical (unpaired) electrons. The second-order valence-electron chi connectivity index (χ2n) is 9.10. The number of halogens is 1. The van der Waals surface area contributed by atoms with Crippen molar-refractivity contribution in [2.24, 2.45) is 5.10 Å². The van der Waals surface area contributed by atoms with Gasteiger partial charge in [0.2, 0.25) is 0 Å². The fourth-order valence-electron chi connectivity index (χ4n) is 4.66. The van der Waals surface area contributed by atoms with Gasteiger partial charge in [-0.05, 0) is 47.9 Å². The van der Waals surface area contributed by atoms with Gasteiger partial charge in [0.15, 0.2) is 0 Å². The molecule has 2 aliphatic heterocycles. The first-order valence-electron chi connectivity index (χ1n) is 11.8. The van der Waals surface area contributed by atoms with Crippen LogP contribution in [0, 0.1) is 0 Å². The molecule has 2 atom stereocenters. The highest BCUT2D eigenvalue weighted by molar-refractivity contribution is 6.30. The zero-order chi connectivity index (χ0) is 26.2. The van der Waals surface area contributed by atoms with Crippen LogP contribution in [0.5, 0.6) is 5.75 Å². The van der Waals surface area contributed by atoms with E-state index in [0.717, 1.165) is 21.7 Å². The lowest BCUT2D eigenvalue weighted by atomic mass is 9.92. The zero-order valence-electron chi connectivity index (χ0n) is 20.3. The number of carbonyl (C=O) groups is 3. The lowest BCUT2D eigenvalue weighted by Crippen LogP contribution is -2.43. The fourth-order valence-corrected chi connectivity index (χ4v) is 4.78. The highest BCUT2D eigenvalue weighted by Gasteiger charge is 2.50. The number of hydrazone groups is 1. The van der Waals surface area contributed by atoms with Crippen molar-refractivity contribution in [1.29, 1.82) is 0 Å². The van der Waals surface area contributed by atoms with E-state index in [2.05, 4.69) is 10.4 Å². The number of benzene rings is 3. The maximum Gasteiger partial charge on any atom is 0.325 e. The third-order valence-electron chi connectivity index (χ3n) is 6.76. The number of amides is 4. The van der Waals surface area contributed by atoms with Crippen LogP contribution < -0.4 is 10.1 Å². The smallest absolute Gasteiger partial charge is 0.325 e. The van der Waals surface area contributed by atoms with Crippen molar-refractivity contribution < 1.29 is 19.1 Å². The summed E-state index contributed by atoms with van der Waals surface area (Å²) in [4.78, 5) is 40.7. The highest BCUT2D eigenvalue weighted by atomic mass is 35.5. The molecular weight excluding hydrogens is 492 g/mol. The number of rotatable bonds is 6. The maximum atomic E-state index is 13.6. The van der Waals surface area contributed by atoms with E-state index in [-0.39, 0.29) is 0 Å². The number of hydrogen-bond acceptors (Lipinski definition) is 5. The van der Waals surface area contributed by atoms with Crippen molar-refractivity contribution in [1.82, 2.24) is 15.2 Å². The minimum atomic E-state index is -1.30. The van der Waals surface area contributed by atoms with Gasteiger partial charge in [-0.15, -0.1) is 0 Å². The lowest BCUT2D eigenvalue weighted by molar-refractivity contribution is -0.140. The molecule has 0 aliphatic carbocycles. The lowest BCUT2D eigenvalue weighted by Gasteiger charge is -2.25. The van der Waals surface area contributed by atoms with Crippen molar-refractivity contribution in [2.75, 3.05) is 13.7 Å². The summed E-state index contributed by atoms with van der Waals surface area (Å²) in [6.07, 6.45) is 0.491. The summed E-state index contributed by atoms with van der Waals surface area (Å²) < 4.78 is 5.27. The molecule has 8 nitrogen and oxygen atoms in total. The molecule has 4 amide bonds. The monoisotopic (exact) mass is 516 g/mol. The average Bonchev–Trinajstić information content (AvgIpc) is 3.46. The summed E-state index contributed by atoms with van der Waals surface area (Å²) >= 11 is 5.98. The predicted octanol–water partition coefficient (Wildman–Crippen LogP) is 4.49. The molecule has 3 aromatic carbocycles. The van der Waals surface area contributed by atoms with Crippen LogP contribution >= 0.6 is 11.6 Å². The molecule has 1 fully saturated rings. The molecule has 2 heterocycles. The molecule has 3 aromatic rings. The van der Waals surface area contributed by atoms with Crippen molar-refractivity contribution in [3.8, 4) is 5.75 Å². The van der Waals surface area contributed by atoms with Crippen molar-refractivity contribution in [3.05, 3.63) is 101 Å². The average molecular weight is 517 g/mol. The SMILES string of the molecule is COc1ccc([C@@H]2CC(c3ccccc3)=NN2C(=O)CN2C(=O)N[C@](C)(c3ccc(Cl)cc3)C2=O)cc1. The van der Waals surface area contributed by atoms with Gasteiger partial charge in [0.05, 0.1) is 18.9 Å². The van der Waals surface area contributed by atoms with Gasteiger partial charge >= 0.3 is 6.03 Å². The maximum absolute atomic E-state index is 13.6. The van der Waals surface area contributed by atoms with Crippen LogP contribution in [0.1, 0.15) is 36.1 Å². The van der Waals surface area contributed by atoms with Gasteiger partial charge in [-0.1, -0.05) is 66.2 Å². The normalized spacial score (nSPS) is 21.2. The number of methoxy groups -OCH3 is 1. The van der Waals surface area contributed by atoms with Crippen LogP contribution in [-0.2, 0) is 15.1 Å². The van der Waals surface area contributed by atoms with Gasteiger partial charge in [-0.2, -0.15) is 5.10 Å².